The third kappa shape index (κ3) is 4.31. The summed E-state index contributed by atoms with van der Waals surface area (Å²) in [6.07, 6.45) is 5.95. The molecule has 1 heterocycles. The van der Waals surface area contributed by atoms with Gasteiger partial charge < -0.3 is 14.9 Å². The standard InChI is InChI=1S/C18H22O3/c1-13(11-15-4-6-16(20)7-5-15)3-8-18-17(9-10-21-18)14(2)12-19/h4-7,9,11,18-20H,2-3,8,10,12H2,1H3/b13-11+. The summed E-state index contributed by atoms with van der Waals surface area (Å²) in [5.74, 6) is 0.279. The van der Waals surface area contributed by atoms with Gasteiger partial charge >= 0.3 is 0 Å². The van der Waals surface area contributed by atoms with Gasteiger partial charge in [-0.05, 0) is 48.6 Å². The molecule has 3 heteroatoms. The van der Waals surface area contributed by atoms with Crippen LogP contribution in [0, 0.1) is 0 Å². The fraction of sp³-hybridized carbons (Fsp3) is 0.333. The second-order valence-electron chi connectivity index (χ2n) is 5.36. The molecule has 0 amide bonds. The Morgan fingerprint density at radius 3 is 2.76 bits per heavy atom. The molecular formula is C18H22O3. The van der Waals surface area contributed by atoms with E-state index in [1.165, 1.54) is 5.57 Å². The van der Waals surface area contributed by atoms with E-state index in [0.29, 0.717) is 6.61 Å². The molecule has 1 aliphatic heterocycles. The highest BCUT2D eigenvalue weighted by molar-refractivity contribution is 5.53. The first-order chi connectivity index (χ1) is 10.1. The van der Waals surface area contributed by atoms with Crippen LogP contribution in [0.1, 0.15) is 25.3 Å². The van der Waals surface area contributed by atoms with Crippen LogP contribution >= 0.6 is 0 Å². The minimum Gasteiger partial charge on any atom is -0.508 e. The Hall–Kier alpha value is -1.84. The van der Waals surface area contributed by atoms with Gasteiger partial charge in [-0.1, -0.05) is 36.4 Å². The van der Waals surface area contributed by atoms with Crippen LogP contribution in [0.3, 0.4) is 0 Å². The van der Waals surface area contributed by atoms with E-state index in [2.05, 4.69) is 19.6 Å². The van der Waals surface area contributed by atoms with Gasteiger partial charge in [0.15, 0.2) is 0 Å². The summed E-state index contributed by atoms with van der Waals surface area (Å²) in [6, 6.07) is 7.16. The minimum atomic E-state index is -0.0198. The second-order valence-corrected chi connectivity index (χ2v) is 5.36. The molecule has 2 N–H and O–H groups in total. The lowest BCUT2D eigenvalue weighted by Gasteiger charge is -2.15. The third-order valence-electron chi connectivity index (χ3n) is 3.65. The SMILES string of the molecule is C=C(CO)C1=CCOC1CC/C(C)=C/c1ccc(O)cc1. The van der Waals surface area contributed by atoms with Gasteiger partial charge in [0.05, 0.1) is 19.3 Å². The van der Waals surface area contributed by atoms with Crippen LogP contribution in [-0.2, 0) is 4.74 Å². The quantitative estimate of drug-likeness (QED) is 0.842. The van der Waals surface area contributed by atoms with Crippen LogP contribution in [-0.4, -0.2) is 29.5 Å². The maximum absolute atomic E-state index is 9.27. The van der Waals surface area contributed by atoms with Crippen molar-refractivity contribution in [3.05, 3.63) is 59.2 Å². The Morgan fingerprint density at radius 2 is 2.10 bits per heavy atom. The van der Waals surface area contributed by atoms with Crippen molar-refractivity contribution in [2.45, 2.75) is 25.9 Å². The summed E-state index contributed by atoms with van der Waals surface area (Å²) < 4.78 is 5.68. The van der Waals surface area contributed by atoms with E-state index < -0.39 is 0 Å². The number of ether oxygens (including phenoxy) is 1. The molecule has 0 radical (unpaired) electrons. The number of aliphatic hydroxyl groups excluding tert-OH is 1. The molecule has 0 aromatic heterocycles. The number of aliphatic hydroxyl groups is 1. The average molecular weight is 286 g/mol. The Labute approximate surface area is 125 Å². The molecule has 1 atom stereocenters. The van der Waals surface area contributed by atoms with E-state index >= 15 is 0 Å². The fourth-order valence-corrected chi connectivity index (χ4v) is 2.46. The lowest BCUT2D eigenvalue weighted by molar-refractivity contribution is 0.116. The molecule has 0 spiro atoms. The number of allylic oxidation sites excluding steroid dienone is 1. The van der Waals surface area contributed by atoms with Crippen LogP contribution in [0.15, 0.2) is 53.6 Å². The second kappa shape index (κ2) is 7.25. The number of rotatable bonds is 6. The van der Waals surface area contributed by atoms with Gasteiger partial charge in [-0.25, -0.2) is 0 Å². The fourth-order valence-electron chi connectivity index (χ4n) is 2.46. The molecule has 0 bridgehead atoms. The van der Waals surface area contributed by atoms with Crippen LogP contribution in [0.25, 0.3) is 6.08 Å². The minimum absolute atomic E-state index is 0.0198. The predicted octanol–water partition coefficient (Wildman–Crippen LogP) is 3.45. The maximum Gasteiger partial charge on any atom is 0.115 e. The largest absolute Gasteiger partial charge is 0.508 e. The third-order valence-corrected chi connectivity index (χ3v) is 3.65. The van der Waals surface area contributed by atoms with Crippen LogP contribution in [0.5, 0.6) is 5.75 Å². The summed E-state index contributed by atoms with van der Waals surface area (Å²) in [5.41, 5.74) is 4.12. The predicted molar refractivity (Wildman–Crippen MR) is 85.0 cm³/mol. The van der Waals surface area contributed by atoms with E-state index in [9.17, 15) is 10.2 Å². The normalized spacial score (nSPS) is 18.7. The van der Waals surface area contributed by atoms with E-state index in [0.717, 1.165) is 29.6 Å². The van der Waals surface area contributed by atoms with Crippen molar-refractivity contribution in [1.82, 2.24) is 0 Å². The van der Waals surface area contributed by atoms with E-state index in [-0.39, 0.29) is 18.5 Å². The molecule has 0 aliphatic carbocycles. The molecule has 0 saturated carbocycles. The zero-order chi connectivity index (χ0) is 15.2. The molecule has 1 unspecified atom stereocenters. The van der Waals surface area contributed by atoms with Gasteiger partial charge in [0, 0.05) is 0 Å². The molecule has 21 heavy (non-hydrogen) atoms. The highest BCUT2D eigenvalue weighted by Gasteiger charge is 2.21. The first kappa shape index (κ1) is 15.5. The Kier molecular flexibility index (Phi) is 5.37. The number of hydrogen-bond acceptors (Lipinski definition) is 3. The lowest BCUT2D eigenvalue weighted by atomic mass is 9.97. The number of hydrogen-bond donors (Lipinski definition) is 2. The van der Waals surface area contributed by atoms with E-state index in [1.54, 1.807) is 12.1 Å². The summed E-state index contributed by atoms with van der Waals surface area (Å²) >= 11 is 0. The van der Waals surface area contributed by atoms with Crippen LogP contribution in [0.2, 0.25) is 0 Å². The van der Waals surface area contributed by atoms with Gasteiger partial charge in [-0.2, -0.15) is 0 Å². The van der Waals surface area contributed by atoms with Crippen molar-refractivity contribution in [2.24, 2.45) is 0 Å². The molecular weight excluding hydrogens is 264 g/mol. The summed E-state index contributed by atoms with van der Waals surface area (Å²) in [6.45, 7) is 6.54. The lowest BCUT2D eigenvalue weighted by Crippen LogP contribution is -2.12. The van der Waals surface area contributed by atoms with Crippen molar-refractivity contribution < 1.29 is 14.9 Å². The number of phenols is 1. The van der Waals surface area contributed by atoms with Crippen molar-refractivity contribution in [1.29, 1.82) is 0 Å². The van der Waals surface area contributed by atoms with E-state index in [4.69, 9.17) is 4.74 Å². The highest BCUT2D eigenvalue weighted by atomic mass is 16.5. The number of phenolic OH excluding ortho intramolecular Hbond substituents is 1. The molecule has 2 rings (SSSR count). The van der Waals surface area contributed by atoms with E-state index in [1.807, 2.05) is 18.2 Å². The molecule has 3 nitrogen and oxygen atoms in total. The Morgan fingerprint density at radius 1 is 1.38 bits per heavy atom. The smallest absolute Gasteiger partial charge is 0.115 e. The highest BCUT2D eigenvalue weighted by Crippen LogP contribution is 2.26. The van der Waals surface area contributed by atoms with Gasteiger partial charge in [0.2, 0.25) is 0 Å². The van der Waals surface area contributed by atoms with Crippen LogP contribution < -0.4 is 0 Å². The number of benzene rings is 1. The van der Waals surface area contributed by atoms with Gasteiger partial charge in [-0.15, -0.1) is 0 Å². The van der Waals surface area contributed by atoms with Gasteiger partial charge in [-0.3, -0.25) is 0 Å². The Balaban J connectivity index is 1.92. The molecule has 0 fully saturated rings. The first-order valence-corrected chi connectivity index (χ1v) is 7.17. The summed E-state index contributed by atoms with van der Waals surface area (Å²) in [5, 5.41) is 18.4. The van der Waals surface area contributed by atoms with Crippen molar-refractivity contribution in [3.63, 3.8) is 0 Å². The summed E-state index contributed by atoms with van der Waals surface area (Å²) in [7, 11) is 0. The maximum atomic E-state index is 9.27. The zero-order valence-corrected chi connectivity index (χ0v) is 12.4. The van der Waals surface area contributed by atoms with Crippen LogP contribution in [0.4, 0.5) is 0 Å². The van der Waals surface area contributed by atoms with Gasteiger partial charge in [0.1, 0.15) is 5.75 Å². The van der Waals surface area contributed by atoms with Crippen molar-refractivity contribution >= 4 is 6.08 Å². The van der Waals surface area contributed by atoms with Crippen molar-refractivity contribution in [2.75, 3.05) is 13.2 Å². The molecule has 1 aliphatic rings. The Bertz CT molecular complexity index is 552. The molecule has 1 aromatic carbocycles. The van der Waals surface area contributed by atoms with Gasteiger partial charge in [0.25, 0.3) is 0 Å². The topological polar surface area (TPSA) is 49.7 Å². The van der Waals surface area contributed by atoms with Crippen molar-refractivity contribution in [3.8, 4) is 5.75 Å². The molecule has 112 valence electrons. The molecule has 1 aromatic rings. The summed E-state index contributed by atoms with van der Waals surface area (Å²) in [4.78, 5) is 0. The molecule has 0 saturated heterocycles. The average Bonchev–Trinajstić information content (AvgIpc) is 2.95. The number of aromatic hydroxyl groups is 1. The first-order valence-electron chi connectivity index (χ1n) is 7.17. The zero-order valence-electron chi connectivity index (χ0n) is 12.4. The monoisotopic (exact) mass is 286 g/mol.